The van der Waals surface area contributed by atoms with E-state index in [1.165, 1.54) is 24.1 Å². The van der Waals surface area contributed by atoms with Crippen LogP contribution in [0.1, 0.15) is 24.1 Å². The fourth-order valence-corrected chi connectivity index (χ4v) is 2.65. The fourth-order valence-electron chi connectivity index (χ4n) is 1.67. The van der Waals surface area contributed by atoms with Gasteiger partial charge in [0, 0.05) is 10.9 Å². The summed E-state index contributed by atoms with van der Waals surface area (Å²) in [4.78, 5) is 1.24. The van der Waals surface area contributed by atoms with Gasteiger partial charge in [-0.15, -0.1) is 11.3 Å². The van der Waals surface area contributed by atoms with Gasteiger partial charge in [-0.1, -0.05) is 24.1 Å². The molecular formula is C11H14ClNS. The van der Waals surface area contributed by atoms with Crippen LogP contribution in [-0.4, -0.2) is 12.6 Å². The Bertz CT molecular complexity index is 313. The largest absolute Gasteiger partial charge is 0.311 e. The van der Waals surface area contributed by atoms with Gasteiger partial charge in [-0.2, -0.15) is 0 Å². The molecule has 1 unspecified atom stereocenters. The van der Waals surface area contributed by atoms with Crippen LogP contribution in [0.15, 0.2) is 18.2 Å². The third-order valence-corrected chi connectivity index (χ3v) is 3.63. The second-order valence-electron chi connectivity index (χ2n) is 3.56. The lowest BCUT2D eigenvalue weighted by Gasteiger charge is -2.19. The minimum atomic E-state index is 0.560. The highest BCUT2D eigenvalue weighted by atomic mass is 35.5. The predicted molar refractivity (Wildman–Crippen MR) is 64.0 cm³/mol. The molecule has 0 amide bonds. The van der Waals surface area contributed by atoms with Crippen molar-refractivity contribution in [2.45, 2.75) is 25.3 Å². The van der Waals surface area contributed by atoms with Crippen LogP contribution in [0.25, 0.3) is 6.08 Å². The number of piperidine rings is 1. The molecular weight excluding hydrogens is 214 g/mol. The summed E-state index contributed by atoms with van der Waals surface area (Å²) in [5.74, 6) is 0. The quantitative estimate of drug-likeness (QED) is 0.815. The van der Waals surface area contributed by atoms with E-state index in [2.05, 4.69) is 23.5 Å². The molecule has 1 N–H and O–H groups in total. The Balaban J connectivity index is 1.92. The van der Waals surface area contributed by atoms with Gasteiger partial charge in [0.2, 0.25) is 0 Å². The van der Waals surface area contributed by atoms with Gasteiger partial charge < -0.3 is 5.32 Å². The SMILES string of the molecule is Clc1ccc(/C=C/C2CCCCN2)s1. The second-order valence-corrected chi connectivity index (χ2v) is 5.30. The van der Waals surface area contributed by atoms with Crippen molar-refractivity contribution in [1.82, 2.24) is 5.32 Å². The minimum Gasteiger partial charge on any atom is -0.311 e. The van der Waals surface area contributed by atoms with E-state index in [1.807, 2.05) is 6.07 Å². The summed E-state index contributed by atoms with van der Waals surface area (Å²) in [6, 6.07) is 4.57. The van der Waals surface area contributed by atoms with Crippen molar-refractivity contribution in [2.75, 3.05) is 6.54 Å². The first-order valence-electron chi connectivity index (χ1n) is 5.01. The number of rotatable bonds is 2. The Morgan fingerprint density at radius 3 is 3.00 bits per heavy atom. The summed E-state index contributed by atoms with van der Waals surface area (Å²) in [6.07, 6.45) is 8.33. The summed E-state index contributed by atoms with van der Waals surface area (Å²) in [6.45, 7) is 1.15. The molecule has 76 valence electrons. The zero-order valence-corrected chi connectivity index (χ0v) is 9.57. The van der Waals surface area contributed by atoms with Crippen molar-refractivity contribution in [3.8, 4) is 0 Å². The van der Waals surface area contributed by atoms with E-state index in [4.69, 9.17) is 11.6 Å². The summed E-state index contributed by atoms with van der Waals surface area (Å²) in [5, 5.41) is 3.48. The molecule has 1 nitrogen and oxygen atoms in total. The maximum atomic E-state index is 5.85. The van der Waals surface area contributed by atoms with E-state index < -0.39 is 0 Å². The zero-order chi connectivity index (χ0) is 9.80. The molecule has 0 bridgehead atoms. The lowest BCUT2D eigenvalue weighted by Crippen LogP contribution is -2.31. The average molecular weight is 228 g/mol. The Hall–Kier alpha value is -0.310. The molecule has 1 aliphatic rings. The molecule has 2 rings (SSSR count). The smallest absolute Gasteiger partial charge is 0.0934 e. The number of halogens is 1. The van der Waals surface area contributed by atoms with E-state index in [1.54, 1.807) is 11.3 Å². The van der Waals surface area contributed by atoms with Crippen LogP contribution < -0.4 is 5.32 Å². The molecule has 0 saturated carbocycles. The highest BCUT2D eigenvalue weighted by Crippen LogP contribution is 2.22. The number of hydrogen-bond acceptors (Lipinski definition) is 2. The van der Waals surface area contributed by atoms with Gasteiger partial charge in [0.15, 0.2) is 0 Å². The average Bonchev–Trinajstić information content (AvgIpc) is 2.63. The van der Waals surface area contributed by atoms with Crippen LogP contribution in [-0.2, 0) is 0 Å². The van der Waals surface area contributed by atoms with Gasteiger partial charge in [-0.25, -0.2) is 0 Å². The Kier molecular flexibility index (Phi) is 3.62. The van der Waals surface area contributed by atoms with Gasteiger partial charge in [-0.05, 0) is 37.6 Å². The van der Waals surface area contributed by atoms with Gasteiger partial charge >= 0.3 is 0 Å². The van der Waals surface area contributed by atoms with Crippen LogP contribution in [0.4, 0.5) is 0 Å². The molecule has 0 aliphatic carbocycles. The van der Waals surface area contributed by atoms with Crippen molar-refractivity contribution in [3.63, 3.8) is 0 Å². The van der Waals surface area contributed by atoms with Crippen molar-refractivity contribution in [2.24, 2.45) is 0 Å². The first-order valence-corrected chi connectivity index (χ1v) is 6.21. The van der Waals surface area contributed by atoms with Crippen LogP contribution >= 0.6 is 22.9 Å². The Labute approximate surface area is 93.8 Å². The molecule has 1 aromatic rings. The van der Waals surface area contributed by atoms with Gasteiger partial charge in [-0.3, -0.25) is 0 Å². The highest BCUT2D eigenvalue weighted by Gasteiger charge is 2.08. The van der Waals surface area contributed by atoms with E-state index in [0.29, 0.717) is 6.04 Å². The summed E-state index contributed by atoms with van der Waals surface area (Å²) in [5.41, 5.74) is 0. The van der Waals surface area contributed by atoms with E-state index in [-0.39, 0.29) is 0 Å². The standard InChI is InChI=1S/C11H14ClNS/c12-11-7-6-10(14-11)5-4-9-3-1-2-8-13-9/h4-7,9,13H,1-3,8H2/b5-4+. The molecule has 1 fully saturated rings. The van der Waals surface area contributed by atoms with Crippen LogP contribution in [0.2, 0.25) is 4.34 Å². The van der Waals surface area contributed by atoms with Gasteiger partial charge in [0.25, 0.3) is 0 Å². The normalized spacial score (nSPS) is 23.1. The van der Waals surface area contributed by atoms with Crippen molar-refractivity contribution >= 4 is 29.0 Å². The second kappa shape index (κ2) is 4.96. The number of thiophene rings is 1. The maximum absolute atomic E-state index is 5.85. The van der Waals surface area contributed by atoms with Gasteiger partial charge in [0.1, 0.15) is 0 Å². The molecule has 1 saturated heterocycles. The molecule has 1 aliphatic heterocycles. The van der Waals surface area contributed by atoms with Crippen molar-refractivity contribution in [3.05, 3.63) is 27.4 Å². The van der Waals surface area contributed by atoms with Gasteiger partial charge in [0.05, 0.1) is 4.34 Å². The fraction of sp³-hybridized carbons (Fsp3) is 0.455. The lowest BCUT2D eigenvalue weighted by molar-refractivity contribution is 0.455. The van der Waals surface area contributed by atoms with Crippen LogP contribution in [0, 0.1) is 0 Å². The third-order valence-electron chi connectivity index (χ3n) is 2.44. The highest BCUT2D eigenvalue weighted by molar-refractivity contribution is 7.16. The molecule has 1 aromatic heterocycles. The monoisotopic (exact) mass is 227 g/mol. The zero-order valence-electron chi connectivity index (χ0n) is 8.00. The molecule has 0 radical (unpaired) electrons. The summed E-state index contributed by atoms with van der Waals surface area (Å²) < 4.78 is 0.862. The lowest BCUT2D eigenvalue weighted by atomic mass is 10.0. The Morgan fingerprint density at radius 1 is 1.43 bits per heavy atom. The summed E-state index contributed by atoms with van der Waals surface area (Å²) >= 11 is 7.48. The van der Waals surface area contributed by atoms with Crippen LogP contribution in [0.3, 0.4) is 0 Å². The van der Waals surface area contributed by atoms with Crippen molar-refractivity contribution in [1.29, 1.82) is 0 Å². The molecule has 14 heavy (non-hydrogen) atoms. The molecule has 1 atom stereocenters. The first kappa shape index (κ1) is 10.2. The van der Waals surface area contributed by atoms with E-state index in [0.717, 1.165) is 10.9 Å². The molecule has 2 heterocycles. The van der Waals surface area contributed by atoms with E-state index in [9.17, 15) is 0 Å². The van der Waals surface area contributed by atoms with Crippen LogP contribution in [0.5, 0.6) is 0 Å². The molecule has 0 spiro atoms. The molecule has 0 aromatic carbocycles. The predicted octanol–water partition coefficient (Wildman–Crippen LogP) is 3.56. The first-order chi connectivity index (χ1) is 6.84. The number of nitrogens with one attached hydrogen (secondary N) is 1. The summed E-state index contributed by atoms with van der Waals surface area (Å²) in [7, 11) is 0. The number of hydrogen-bond donors (Lipinski definition) is 1. The minimum absolute atomic E-state index is 0.560. The maximum Gasteiger partial charge on any atom is 0.0934 e. The Morgan fingerprint density at radius 2 is 2.36 bits per heavy atom. The molecule has 3 heteroatoms. The third kappa shape index (κ3) is 2.84. The topological polar surface area (TPSA) is 12.0 Å². The van der Waals surface area contributed by atoms with E-state index >= 15 is 0 Å². The van der Waals surface area contributed by atoms with Crippen molar-refractivity contribution < 1.29 is 0 Å².